The number of carbonyl (C=O) groups excluding carboxylic acids is 1. The molecule has 0 aromatic heterocycles. The van der Waals surface area contributed by atoms with Gasteiger partial charge in [-0.1, -0.05) is 36.4 Å². The topological polar surface area (TPSA) is 77.7 Å². The molecule has 0 aliphatic rings. The highest BCUT2D eigenvalue weighted by Gasteiger charge is 2.03. The third kappa shape index (κ3) is 5.69. The molecule has 0 heterocycles. The summed E-state index contributed by atoms with van der Waals surface area (Å²) in [6, 6.07) is 24.7. The van der Waals surface area contributed by atoms with E-state index in [9.17, 15) is 4.79 Å². The molecule has 150 valence electrons. The normalized spacial score (nSPS) is 10.4. The van der Waals surface area contributed by atoms with E-state index < -0.39 is 0 Å². The van der Waals surface area contributed by atoms with Crippen molar-refractivity contribution in [1.82, 2.24) is 5.43 Å². The van der Waals surface area contributed by atoms with Crippen molar-refractivity contribution in [3.8, 4) is 22.9 Å². The van der Waals surface area contributed by atoms with Crippen LogP contribution in [0.2, 0.25) is 0 Å². The van der Waals surface area contributed by atoms with E-state index in [0.29, 0.717) is 11.3 Å². The van der Waals surface area contributed by atoms with Crippen molar-refractivity contribution in [3.05, 3.63) is 83.9 Å². The van der Waals surface area contributed by atoms with Gasteiger partial charge in [-0.05, 0) is 53.1 Å². The van der Waals surface area contributed by atoms with Crippen LogP contribution in [0.4, 0.5) is 5.69 Å². The number of nitriles is 1. The number of benzene rings is 3. The Morgan fingerprint density at radius 2 is 1.60 bits per heavy atom. The van der Waals surface area contributed by atoms with Crippen molar-refractivity contribution < 1.29 is 9.53 Å². The number of hydrazone groups is 1. The minimum atomic E-state index is -0.340. The number of carbonyl (C=O) groups is 1. The number of hydrogen-bond acceptors (Lipinski definition) is 5. The van der Waals surface area contributed by atoms with Gasteiger partial charge in [0.05, 0.1) is 17.8 Å². The van der Waals surface area contributed by atoms with Crippen molar-refractivity contribution in [1.29, 1.82) is 5.26 Å². The number of anilines is 1. The molecule has 0 saturated carbocycles. The smallest absolute Gasteiger partial charge is 0.277 e. The molecule has 3 rings (SSSR count). The monoisotopic (exact) mass is 398 g/mol. The third-order valence-corrected chi connectivity index (χ3v) is 4.38. The number of ether oxygens (including phenoxy) is 1. The lowest BCUT2D eigenvalue weighted by molar-refractivity contribution is -0.123. The molecule has 3 aromatic carbocycles. The van der Waals surface area contributed by atoms with E-state index in [1.54, 1.807) is 30.5 Å². The molecule has 0 aliphatic carbocycles. The van der Waals surface area contributed by atoms with Crippen LogP contribution < -0.4 is 15.1 Å². The summed E-state index contributed by atoms with van der Waals surface area (Å²) < 4.78 is 5.51. The van der Waals surface area contributed by atoms with Gasteiger partial charge in [-0.3, -0.25) is 4.79 Å². The van der Waals surface area contributed by atoms with Gasteiger partial charge in [-0.25, -0.2) is 5.43 Å². The maximum absolute atomic E-state index is 11.9. The van der Waals surface area contributed by atoms with Crippen LogP contribution in [0.1, 0.15) is 11.1 Å². The van der Waals surface area contributed by atoms with E-state index in [0.717, 1.165) is 22.4 Å². The van der Waals surface area contributed by atoms with Gasteiger partial charge in [0.15, 0.2) is 6.61 Å². The Morgan fingerprint density at radius 1 is 1.00 bits per heavy atom. The molecule has 1 N–H and O–H groups in total. The van der Waals surface area contributed by atoms with E-state index >= 15 is 0 Å². The van der Waals surface area contributed by atoms with E-state index in [-0.39, 0.29) is 12.5 Å². The van der Waals surface area contributed by atoms with Gasteiger partial charge in [-0.2, -0.15) is 10.4 Å². The molecular formula is C24H22N4O2. The Kier molecular flexibility index (Phi) is 6.80. The van der Waals surface area contributed by atoms with Crippen LogP contribution in [0, 0.1) is 11.3 Å². The van der Waals surface area contributed by atoms with Crippen LogP contribution in [0.3, 0.4) is 0 Å². The predicted octanol–water partition coefficient (Wildman–Crippen LogP) is 3.82. The Morgan fingerprint density at radius 3 is 2.17 bits per heavy atom. The summed E-state index contributed by atoms with van der Waals surface area (Å²) in [5.41, 5.74) is 7.07. The number of rotatable bonds is 7. The molecule has 0 saturated heterocycles. The van der Waals surface area contributed by atoms with Gasteiger partial charge in [0.25, 0.3) is 5.91 Å². The first-order valence-corrected chi connectivity index (χ1v) is 9.38. The van der Waals surface area contributed by atoms with Gasteiger partial charge in [-0.15, -0.1) is 0 Å². The standard InChI is InChI=1S/C24H22N4O2/c1-28(2)22-11-5-19(6-12-22)16-26-27-24(29)17-30-23-13-9-21(10-14-23)20-7-3-18(15-25)4-8-20/h3-14,16H,17H2,1-2H3,(H,27,29)/b26-16+. The van der Waals surface area contributed by atoms with Crippen molar-refractivity contribution in [2.75, 3.05) is 25.6 Å². The fourth-order valence-electron chi connectivity index (χ4n) is 2.70. The van der Waals surface area contributed by atoms with Crippen molar-refractivity contribution >= 4 is 17.8 Å². The fourth-order valence-corrected chi connectivity index (χ4v) is 2.70. The maximum Gasteiger partial charge on any atom is 0.277 e. The second-order valence-electron chi connectivity index (χ2n) is 6.78. The Hall–Kier alpha value is -4.11. The third-order valence-electron chi connectivity index (χ3n) is 4.38. The van der Waals surface area contributed by atoms with Crippen molar-refractivity contribution in [2.45, 2.75) is 0 Å². The molecule has 0 bridgehead atoms. The first-order valence-electron chi connectivity index (χ1n) is 9.38. The van der Waals surface area contributed by atoms with Crippen LogP contribution in [-0.4, -0.2) is 32.8 Å². The first-order chi connectivity index (χ1) is 14.5. The molecule has 30 heavy (non-hydrogen) atoms. The average molecular weight is 398 g/mol. The van der Waals surface area contributed by atoms with Crippen LogP contribution in [0.15, 0.2) is 77.9 Å². The molecule has 0 spiro atoms. The summed E-state index contributed by atoms with van der Waals surface area (Å²) >= 11 is 0. The van der Waals surface area contributed by atoms with Crippen LogP contribution in [0.25, 0.3) is 11.1 Å². The van der Waals surface area contributed by atoms with Gasteiger partial charge >= 0.3 is 0 Å². The molecule has 0 aliphatic heterocycles. The zero-order chi connectivity index (χ0) is 21.3. The molecule has 0 atom stereocenters. The molecule has 0 fully saturated rings. The highest BCUT2D eigenvalue weighted by Crippen LogP contribution is 2.22. The predicted molar refractivity (Wildman–Crippen MR) is 119 cm³/mol. The Bertz CT molecular complexity index is 1050. The minimum Gasteiger partial charge on any atom is -0.484 e. The van der Waals surface area contributed by atoms with E-state index in [4.69, 9.17) is 10.00 Å². The zero-order valence-electron chi connectivity index (χ0n) is 16.9. The highest BCUT2D eigenvalue weighted by atomic mass is 16.5. The lowest BCUT2D eigenvalue weighted by Gasteiger charge is -2.11. The van der Waals surface area contributed by atoms with E-state index in [1.165, 1.54) is 0 Å². The summed E-state index contributed by atoms with van der Waals surface area (Å²) in [5, 5.41) is 12.8. The maximum atomic E-state index is 11.9. The summed E-state index contributed by atoms with van der Waals surface area (Å²) in [6.45, 7) is -0.132. The molecule has 3 aromatic rings. The number of hydrogen-bond donors (Lipinski definition) is 1. The van der Waals surface area contributed by atoms with Gasteiger partial charge < -0.3 is 9.64 Å². The van der Waals surface area contributed by atoms with Crippen LogP contribution in [-0.2, 0) is 4.79 Å². The zero-order valence-corrected chi connectivity index (χ0v) is 16.9. The Labute approximate surface area is 176 Å². The van der Waals surface area contributed by atoms with Crippen LogP contribution >= 0.6 is 0 Å². The summed E-state index contributed by atoms with van der Waals surface area (Å²) in [7, 11) is 3.95. The molecule has 0 radical (unpaired) electrons. The van der Waals surface area contributed by atoms with E-state index in [1.807, 2.05) is 67.5 Å². The second kappa shape index (κ2) is 9.89. The molecule has 0 unspecified atom stereocenters. The number of amides is 1. The van der Waals surface area contributed by atoms with Crippen molar-refractivity contribution in [2.24, 2.45) is 5.10 Å². The summed E-state index contributed by atoms with van der Waals surface area (Å²) in [5.74, 6) is 0.248. The number of nitrogens with one attached hydrogen (secondary N) is 1. The SMILES string of the molecule is CN(C)c1ccc(/C=N/NC(=O)COc2ccc(-c3ccc(C#N)cc3)cc2)cc1. The summed E-state index contributed by atoms with van der Waals surface area (Å²) in [4.78, 5) is 13.9. The quantitative estimate of drug-likeness (QED) is 0.485. The van der Waals surface area contributed by atoms with Gasteiger partial charge in [0.1, 0.15) is 5.75 Å². The molecule has 6 nitrogen and oxygen atoms in total. The second-order valence-corrected chi connectivity index (χ2v) is 6.78. The van der Waals surface area contributed by atoms with Crippen molar-refractivity contribution in [3.63, 3.8) is 0 Å². The Balaban J connectivity index is 1.47. The fraction of sp³-hybridized carbons (Fsp3) is 0.125. The number of nitrogens with zero attached hydrogens (tertiary/aromatic N) is 3. The van der Waals surface area contributed by atoms with Gasteiger partial charge in [0.2, 0.25) is 0 Å². The highest BCUT2D eigenvalue weighted by molar-refractivity contribution is 5.83. The molecule has 1 amide bonds. The van der Waals surface area contributed by atoms with Gasteiger partial charge in [0, 0.05) is 19.8 Å². The first kappa shape index (κ1) is 20.6. The van der Waals surface area contributed by atoms with Crippen LogP contribution in [0.5, 0.6) is 5.75 Å². The summed E-state index contributed by atoms with van der Waals surface area (Å²) in [6.07, 6.45) is 1.59. The largest absolute Gasteiger partial charge is 0.484 e. The average Bonchev–Trinajstić information content (AvgIpc) is 2.78. The molecular weight excluding hydrogens is 376 g/mol. The van der Waals surface area contributed by atoms with E-state index in [2.05, 4.69) is 16.6 Å². The minimum absolute atomic E-state index is 0.132. The lowest BCUT2D eigenvalue weighted by Crippen LogP contribution is -2.24. The molecule has 6 heteroatoms. The lowest BCUT2D eigenvalue weighted by atomic mass is 10.0.